The smallest absolute Gasteiger partial charge is 0.343 e. The molecule has 2 N–H and O–H groups in total. The van der Waals surface area contributed by atoms with Crippen LogP contribution in [0, 0.1) is 6.92 Å². The Labute approximate surface area is 184 Å². The molecule has 0 saturated heterocycles. The molecular weight excluding hydrogens is 402 g/mol. The number of ether oxygens (including phenoxy) is 1. The van der Waals surface area contributed by atoms with Crippen molar-refractivity contribution >= 4 is 16.7 Å². The quantitative estimate of drug-likeness (QED) is 0.252. The average molecular weight is 423 g/mol. The number of aromatic hydroxyl groups is 2. The lowest BCUT2D eigenvalue weighted by Gasteiger charge is -2.11. The van der Waals surface area contributed by atoms with Gasteiger partial charge in [0.25, 0.3) is 0 Å². The van der Waals surface area contributed by atoms with Crippen LogP contribution in [0.1, 0.15) is 45.3 Å². The monoisotopic (exact) mass is 423 g/mol. The van der Waals surface area contributed by atoms with Crippen LogP contribution in [0.25, 0.3) is 16.5 Å². The fraction of sp³-hybridized carbons (Fsp3) is 0.148. The zero-order valence-corrected chi connectivity index (χ0v) is 17.4. The normalized spacial score (nSPS) is 18.3. The summed E-state index contributed by atoms with van der Waals surface area (Å²) in [6.45, 7) is 2.04. The summed E-state index contributed by atoms with van der Waals surface area (Å²) >= 11 is 0. The Hall–Kier alpha value is -3.99. The number of esters is 1. The molecule has 2 aliphatic carbocycles. The van der Waals surface area contributed by atoms with Gasteiger partial charge >= 0.3 is 5.97 Å². The number of hydrogen-bond donors (Lipinski definition) is 2. The van der Waals surface area contributed by atoms with E-state index in [0.717, 1.165) is 28.3 Å². The third-order valence-corrected chi connectivity index (χ3v) is 6.56. The maximum Gasteiger partial charge on any atom is 0.343 e. The van der Waals surface area contributed by atoms with Crippen molar-refractivity contribution < 1.29 is 19.7 Å². The van der Waals surface area contributed by atoms with Gasteiger partial charge in [0.15, 0.2) is 0 Å². The van der Waals surface area contributed by atoms with Gasteiger partial charge in [-0.2, -0.15) is 0 Å². The first kappa shape index (κ1) is 18.8. The first-order chi connectivity index (χ1) is 15.5. The number of aryl methyl sites for hydroxylation is 1. The molecule has 0 aliphatic heterocycles. The van der Waals surface area contributed by atoms with Crippen molar-refractivity contribution in [1.29, 1.82) is 0 Å². The molecule has 6 rings (SSSR count). The van der Waals surface area contributed by atoms with Gasteiger partial charge in [0.2, 0.25) is 11.8 Å². The molecule has 158 valence electrons. The molecule has 0 radical (unpaired) electrons. The van der Waals surface area contributed by atoms with Crippen LogP contribution in [0.2, 0.25) is 0 Å². The first-order valence-electron chi connectivity index (χ1n) is 10.7. The Morgan fingerprint density at radius 1 is 0.875 bits per heavy atom. The van der Waals surface area contributed by atoms with E-state index < -0.39 is 5.97 Å². The maximum absolute atomic E-state index is 12.7. The van der Waals surface area contributed by atoms with E-state index >= 15 is 0 Å². The van der Waals surface area contributed by atoms with Gasteiger partial charge in [-0.3, -0.25) is 4.57 Å². The number of benzene rings is 3. The summed E-state index contributed by atoms with van der Waals surface area (Å²) in [5.41, 5.74) is 3.77. The zero-order chi connectivity index (χ0) is 22.0. The highest BCUT2D eigenvalue weighted by Crippen LogP contribution is 2.57. The van der Waals surface area contributed by atoms with Gasteiger partial charge in [-0.05, 0) is 60.5 Å². The third-order valence-electron chi connectivity index (χ3n) is 6.56. The van der Waals surface area contributed by atoms with Crippen molar-refractivity contribution in [2.24, 2.45) is 0 Å². The lowest BCUT2D eigenvalue weighted by atomic mass is 10.0. The lowest BCUT2D eigenvalue weighted by molar-refractivity contribution is 0.0735. The van der Waals surface area contributed by atoms with Crippen LogP contribution in [-0.2, 0) is 0 Å². The molecular formula is C27H21NO4. The van der Waals surface area contributed by atoms with Crippen molar-refractivity contribution in [3.8, 4) is 23.2 Å². The molecule has 1 aromatic heterocycles. The van der Waals surface area contributed by atoms with Gasteiger partial charge in [0.1, 0.15) is 5.75 Å². The van der Waals surface area contributed by atoms with Crippen molar-refractivity contribution in [3.05, 3.63) is 95.1 Å². The van der Waals surface area contributed by atoms with Gasteiger partial charge < -0.3 is 14.9 Å². The second-order valence-electron chi connectivity index (χ2n) is 8.59. The van der Waals surface area contributed by atoms with Crippen LogP contribution < -0.4 is 4.74 Å². The van der Waals surface area contributed by atoms with Gasteiger partial charge in [-0.1, -0.05) is 42.0 Å². The highest BCUT2D eigenvalue weighted by molar-refractivity contribution is 5.92. The summed E-state index contributed by atoms with van der Waals surface area (Å²) in [4.78, 5) is 12.7. The number of carbonyl (C=O) groups is 1. The minimum absolute atomic E-state index is 0.0658. The minimum atomic E-state index is -0.464. The fourth-order valence-electron chi connectivity index (χ4n) is 5.00. The van der Waals surface area contributed by atoms with Crippen molar-refractivity contribution in [2.45, 2.75) is 25.2 Å². The second-order valence-corrected chi connectivity index (χ2v) is 8.59. The molecule has 2 atom stereocenters. The zero-order valence-electron chi connectivity index (χ0n) is 17.4. The van der Waals surface area contributed by atoms with Gasteiger partial charge in [0.05, 0.1) is 11.3 Å². The Morgan fingerprint density at radius 2 is 1.50 bits per heavy atom. The van der Waals surface area contributed by atoms with Crippen LogP contribution in [0.5, 0.6) is 17.5 Å². The fourth-order valence-corrected chi connectivity index (χ4v) is 5.00. The molecule has 2 bridgehead atoms. The summed E-state index contributed by atoms with van der Waals surface area (Å²) in [7, 11) is 0. The topological polar surface area (TPSA) is 71.7 Å². The average Bonchev–Trinajstić information content (AvgIpc) is 3.48. The SMILES string of the molecule is Cc1ccc2cc(OC(=O)c3ccc(-n4c(O)c5c(c4O)C4C=CC5C4)cc3)ccc2c1. The van der Waals surface area contributed by atoms with Gasteiger partial charge in [-0.15, -0.1) is 0 Å². The number of hydrogen-bond acceptors (Lipinski definition) is 4. The molecule has 3 aromatic carbocycles. The minimum Gasteiger partial charge on any atom is -0.494 e. The van der Waals surface area contributed by atoms with Crippen LogP contribution >= 0.6 is 0 Å². The Bertz CT molecular complexity index is 1390. The molecule has 0 saturated carbocycles. The number of nitrogens with zero attached hydrogens (tertiary/aromatic N) is 1. The largest absolute Gasteiger partial charge is 0.494 e. The predicted octanol–water partition coefficient (Wildman–Crippen LogP) is 5.71. The molecule has 2 unspecified atom stereocenters. The van der Waals surface area contributed by atoms with E-state index in [1.807, 2.05) is 31.2 Å². The van der Waals surface area contributed by atoms with Crippen LogP contribution in [0.3, 0.4) is 0 Å². The lowest BCUT2D eigenvalue weighted by Crippen LogP contribution is -2.08. The molecule has 1 heterocycles. The summed E-state index contributed by atoms with van der Waals surface area (Å²) in [6.07, 6.45) is 5.08. The molecule has 0 fully saturated rings. The van der Waals surface area contributed by atoms with E-state index in [9.17, 15) is 15.0 Å². The van der Waals surface area contributed by atoms with Crippen molar-refractivity contribution in [2.75, 3.05) is 0 Å². The van der Waals surface area contributed by atoms with E-state index in [4.69, 9.17) is 4.74 Å². The standard InChI is InChI=1S/C27H21NO4/c1-15-2-3-18-14-22(11-8-17(18)12-15)32-27(31)16-6-9-21(10-7-16)28-25(29)23-19-4-5-20(13-19)24(23)26(28)30/h2-12,14,19-20,29-30H,13H2,1H3. The molecule has 5 heteroatoms. The van der Waals surface area contributed by atoms with E-state index in [1.54, 1.807) is 30.3 Å². The van der Waals surface area contributed by atoms with Crippen molar-refractivity contribution in [1.82, 2.24) is 4.57 Å². The van der Waals surface area contributed by atoms with Gasteiger partial charge in [-0.25, -0.2) is 4.79 Å². The Kier molecular flexibility index (Phi) is 3.96. The highest BCUT2D eigenvalue weighted by Gasteiger charge is 2.41. The summed E-state index contributed by atoms with van der Waals surface area (Å²) in [6, 6.07) is 18.4. The number of allylic oxidation sites excluding steroid dienone is 2. The molecule has 2 aliphatic rings. The van der Waals surface area contributed by atoms with Crippen molar-refractivity contribution in [3.63, 3.8) is 0 Å². The number of fused-ring (bicyclic) bond motifs is 6. The molecule has 32 heavy (non-hydrogen) atoms. The summed E-state index contributed by atoms with van der Waals surface area (Å²) < 4.78 is 7.01. The van der Waals surface area contributed by atoms with E-state index in [2.05, 4.69) is 18.2 Å². The van der Waals surface area contributed by atoms with Crippen LogP contribution in [-0.4, -0.2) is 20.7 Å². The van der Waals surface area contributed by atoms with E-state index in [1.165, 1.54) is 10.1 Å². The van der Waals surface area contributed by atoms with Crippen LogP contribution in [0.15, 0.2) is 72.8 Å². The van der Waals surface area contributed by atoms with E-state index in [0.29, 0.717) is 17.0 Å². The number of aromatic nitrogens is 1. The summed E-state index contributed by atoms with van der Waals surface area (Å²) in [5, 5.41) is 23.6. The number of rotatable bonds is 3. The second kappa shape index (κ2) is 6.76. The first-order valence-corrected chi connectivity index (χ1v) is 10.7. The molecule has 5 nitrogen and oxygen atoms in total. The highest BCUT2D eigenvalue weighted by atomic mass is 16.5. The third kappa shape index (κ3) is 2.74. The molecule has 4 aromatic rings. The predicted molar refractivity (Wildman–Crippen MR) is 122 cm³/mol. The maximum atomic E-state index is 12.7. The summed E-state index contributed by atoms with van der Waals surface area (Å²) in [5.74, 6) is 0.459. The Morgan fingerprint density at radius 3 is 2.19 bits per heavy atom. The number of carbonyl (C=O) groups excluding carboxylic acids is 1. The molecule has 0 amide bonds. The van der Waals surface area contributed by atoms with Crippen LogP contribution in [0.4, 0.5) is 0 Å². The Balaban J connectivity index is 1.26. The van der Waals surface area contributed by atoms with Gasteiger partial charge in [0, 0.05) is 23.0 Å². The molecule has 0 spiro atoms. The van der Waals surface area contributed by atoms with E-state index in [-0.39, 0.29) is 23.6 Å².